The standard InChI is InChI=1S/C43H32N2S/c1-43(2)37-19-9-8-17-33(37)36-27-31(23-25-38(36)43)45(30-14-4-3-5-15-30)40-21-11-18-35-34-24-22-29(26-41(34)46-42(35)40)44-39-20-10-13-28-12-6-7-16-32(28)39/h3-27,44H,1-2H3. The Labute approximate surface area is 273 Å². The van der Waals surface area contributed by atoms with Gasteiger partial charge in [-0.3, -0.25) is 0 Å². The summed E-state index contributed by atoms with van der Waals surface area (Å²) in [6, 6.07) is 55.2. The molecular formula is C43H32N2S. The predicted octanol–water partition coefficient (Wildman–Crippen LogP) is 12.7. The average Bonchev–Trinajstić information content (AvgIpc) is 3.58. The van der Waals surface area contributed by atoms with Gasteiger partial charge < -0.3 is 10.2 Å². The van der Waals surface area contributed by atoms with Gasteiger partial charge in [0.15, 0.2) is 0 Å². The van der Waals surface area contributed by atoms with Crippen LogP contribution in [0.25, 0.3) is 42.1 Å². The zero-order valence-electron chi connectivity index (χ0n) is 25.8. The summed E-state index contributed by atoms with van der Waals surface area (Å²) in [4.78, 5) is 2.43. The van der Waals surface area contributed by atoms with Crippen molar-refractivity contribution in [3.05, 3.63) is 163 Å². The number of hydrogen-bond acceptors (Lipinski definition) is 3. The number of rotatable bonds is 5. The highest BCUT2D eigenvalue weighted by Gasteiger charge is 2.35. The van der Waals surface area contributed by atoms with Crippen molar-refractivity contribution >= 4 is 70.7 Å². The van der Waals surface area contributed by atoms with Crippen LogP contribution < -0.4 is 10.2 Å². The summed E-state index contributed by atoms with van der Waals surface area (Å²) >= 11 is 1.87. The van der Waals surface area contributed by atoms with Gasteiger partial charge in [0, 0.05) is 49.0 Å². The van der Waals surface area contributed by atoms with Crippen LogP contribution in [0.4, 0.5) is 28.4 Å². The van der Waals surface area contributed by atoms with Gasteiger partial charge in [0.05, 0.1) is 10.4 Å². The maximum Gasteiger partial charge on any atom is 0.0640 e. The van der Waals surface area contributed by atoms with Gasteiger partial charge in [-0.05, 0) is 76.2 Å². The molecule has 1 aliphatic carbocycles. The molecule has 2 nitrogen and oxygen atoms in total. The van der Waals surface area contributed by atoms with Gasteiger partial charge >= 0.3 is 0 Å². The molecule has 0 aliphatic heterocycles. The van der Waals surface area contributed by atoms with Gasteiger partial charge in [0.2, 0.25) is 0 Å². The highest BCUT2D eigenvalue weighted by atomic mass is 32.1. The van der Waals surface area contributed by atoms with Crippen LogP contribution in [0.1, 0.15) is 25.0 Å². The third kappa shape index (κ3) is 4.16. The second-order valence-corrected chi connectivity index (χ2v) is 13.7. The first-order valence-electron chi connectivity index (χ1n) is 15.9. The zero-order chi connectivity index (χ0) is 30.8. The van der Waals surface area contributed by atoms with E-state index in [0.717, 1.165) is 17.1 Å². The normalized spacial score (nSPS) is 13.2. The van der Waals surface area contributed by atoms with Gasteiger partial charge in [0.1, 0.15) is 0 Å². The molecule has 9 rings (SSSR count). The number of anilines is 5. The van der Waals surface area contributed by atoms with E-state index in [1.54, 1.807) is 0 Å². The van der Waals surface area contributed by atoms with E-state index < -0.39 is 0 Å². The Balaban J connectivity index is 1.19. The van der Waals surface area contributed by atoms with Crippen LogP contribution in [0, 0.1) is 0 Å². The number of nitrogens with zero attached hydrogens (tertiary/aromatic N) is 1. The van der Waals surface area contributed by atoms with Crippen molar-refractivity contribution in [2.45, 2.75) is 19.3 Å². The lowest BCUT2D eigenvalue weighted by Crippen LogP contribution is -2.15. The average molecular weight is 609 g/mol. The maximum atomic E-state index is 3.71. The molecule has 0 amide bonds. The van der Waals surface area contributed by atoms with Crippen LogP contribution in [0.2, 0.25) is 0 Å². The molecule has 0 radical (unpaired) electrons. The molecule has 1 aliphatic rings. The number of hydrogen-bond donors (Lipinski definition) is 1. The van der Waals surface area contributed by atoms with E-state index in [1.165, 1.54) is 64.6 Å². The Morgan fingerprint density at radius 1 is 0.543 bits per heavy atom. The molecule has 46 heavy (non-hydrogen) atoms. The monoisotopic (exact) mass is 608 g/mol. The van der Waals surface area contributed by atoms with Crippen molar-refractivity contribution in [2.24, 2.45) is 0 Å². The van der Waals surface area contributed by atoms with Crippen molar-refractivity contribution in [1.29, 1.82) is 0 Å². The molecule has 0 saturated carbocycles. The summed E-state index contributed by atoms with van der Waals surface area (Å²) in [6.07, 6.45) is 0. The van der Waals surface area contributed by atoms with Gasteiger partial charge in [-0.1, -0.05) is 117 Å². The molecule has 8 aromatic rings. The smallest absolute Gasteiger partial charge is 0.0640 e. The van der Waals surface area contributed by atoms with E-state index in [-0.39, 0.29) is 5.41 Å². The van der Waals surface area contributed by atoms with Crippen molar-refractivity contribution in [3.8, 4) is 11.1 Å². The third-order valence-electron chi connectivity index (χ3n) is 9.63. The van der Waals surface area contributed by atoms with Crippen molar-refractivity contribution in [1.82, 2.24) is 0 Å². The molecule has 1 N–H and O–H groups in total. The lowest BCUT2D eigenvalue weighted by Gasteiger charge is -2.27. The zero-order valence-corrected chi connectivity index (χ0v) is 26.6. The fourth-order valence-electron chi connectivity index (χ4n) is 7.38. The predicted molar refractivity (Wildman–Crippen MR) is 199 cm³/mol. The molecule has 3 heteroatoms. The SMILES string of the molecule is CC1(C)c2ccccc2-c2cc(N(c3ccccc3)c3cccc4c3sc3cc(Nc5cccc6ccccc56)ccc34)ccc21. The molecular weight excluding hydrogens is 577 g/mol. The van der Waals surface area contributed by atoms with Crippen LogP contribution in [0.15, 0.2) is 152 Å². The second kappa shape index (κ2) is 10.3. The third-order valence-corrected chi connectivity index (χ3v) is 10.8. The molecule has 0 saturated heterocycles. The highest BCUT2D eigenvalue weighted by Crippen LogP contribution is 2.51. The van der Waals surface area contributed by atoms with E-state index in [4.69, 9.17) is 0 Å². The Morgan fingerprint density at radius 2 is 1.28 bits per heavy atom. The first-order chi connectivity index (χ1) is 22.6. The van der Waals surface area contributed by atoms with Gasteiger partial charge in [0.25, 0.3) is 0 Å². The Kier molecular flexibility index (Phi) is 6.06. The van der Waals surface area contributed by atoms with Crippen LogP contribution >= 0.6 is 11.3 Å². The fourth-order valence-corrected chi connectivity index (χ4v) is 8.62. The van der Waals surface area contributed by atoms with Gasteiger partial charge in [-0.2, -0.15) is 0 Å². The Hall–Kier alpha value is -5.38. The number of benzene rings is 7. The summed E-state index contributed by atoms with van der Waals surface area (Å²) in [5.41, 5.74) is 11.1. The summed E-state index contributed by atoms with van der Waals surface area (Å²) in [6.45, 7) is 4.68. The van der Waals surface area contributed by atoms with Gasteiger partial charge in [-0.15, -0.1) is 11.3 Å². The number of nitrogens with one attached hydrogen (secondary N) is 1. The second-order valence-electron chi connectivity index (χ2n) is 12.7. The molecule has 0 atom stereocenters. The Morgan fingerprint density at radius 3 is 2.20 bits per heavy atom. The summed E-state index contributed by atoms with van der Waals surface area (Å²) in [7, 11) is 0. The topological polar surface area (TPSA) is 15.3 Å². The number of thiophene rings is 1. The molecule has 0 bridgehead atoms. The van der Waals surface area contributed by atoms with E-state index in [1.807, 2.05) is 11.3 Å². The van der Waals surface area contributed by atoms with Crippen LogP contribution in [-0.2, 0) is 5.41 Å². The molecule has 220 valence electrons. The largest absolute Gasteiger partial charge is 0.355 e. The molecule has 1 heterocycles. The quantitative estimate of drug-likeness (QED) is 0.209. The lowest BCUT2D eigenvalue weighted by molar-refractivity contribution is 0.660. The lowest BCUT2D eigenvalue weighted by atomic mass is 9.82. The molecule has 0 fully saturated rings. The van der Waals surface area contributed by atoms with E-state index in [0.29, 0.717) is 0 Å². The van der Waals surface area contributed by atoms with E-state index in [9.17, 15) is 0 Å². The summed E-state index contributed by atoms with van der Waals surface area (Å²) < 4.78 is 2.55. The molecule has 7 aromatic carbocycles. The summed E-state index contributed by atoms with van der Waals surface area (Å²) in [5.74, 6) is 0. The maximum absolute atomic E-state index is 3.71. The Bertz CT molecular complexity index is 2430. The number of para-hydroxylation sites is 1. The van der Waals surface area contributed by atoms with Gasteiger partial charge in [-0.25, -0.2) is 0 Å². The molecule has 0 spiro atoms. The first-order valence-corrected chi connectivity index (χ1v) is 16.7. The fraction of sp³-hybridized carbons (Fsp3) is 0.0698. The van der Waals surface area contributed by atoms with E-state index in [2.05, 4.69) is 176 Å². The molecule has 1 aromatic heterocycles. The minimum atomic E-state index is -0.0225. The minimum absolute atomic E-state index is 0.0225. The first kappa shape index (κ1) is 27.0. The summed E-state index contributed by atoms with van der Waals surface area (Å²) in [5, 5.41) is 8.73. The van der Waals surface area contributed by atoms with E-state index >= 15 is 0 Å². The van der Waals surface area contributed by atoms with Crippen LogP contribution in [-0.4, -0.2) is 0 Å². The van der Waals surface area contributed by atoms with Crippen molar-refractivity contribution in [2.75, 3.05) is 10.2 Å². The van der Waals surface area contributed by atoms with Crippen molar-refractivity contribution < 1.29 is 0 Å². The minimum Gasteiger partial charge on any atom is -0.355 e. The van der Waals surface area contributed by atoms with Crippen LogP contribution in [0.3, 0.4) is 0 Å². The van der Waals surface area contributed by atoms with Crippen molar-refractivity contribution in [3.63, 3.8) is 0 Å². The van der Waals surface area contributed by atoms with Crippen LogP contribution in [0.5, 0.6) is 0 Å². The highest BCUT2D eigenvalue weighted by molar-refractivity contribution is 7.26. The number of fused-ring (bicyclic) bond motifs is 7. The molecule has 0 unspecified atom stereocenters.